The lowest BCUT2D eigenvalue weighted by Crippen LogP contribution is -2.54. The maximum absolute atomic E-state index is 13.5. The molecule has 1 saturated heterocycles. The number of aliphatic imine (C=N–C) groups is 1. The number of benzene rings is 1. The zero-order chi connectivity index (χ0) is 28.6. The van der Waals surface area contributed by atoms with E-state index in [4.69, 9.17) is 4.98 Å². The fourth-order valence-electron chi connectivity index (χ4n) is 5.12. The maximum Gasteiger partial charge on any atom is 0.220 e. The number of halogens is 1. The Labute approximate surface area is 241 Å². The summed E-state index contributed by atoms with van der Waals surface area (Å²) in [6.07, 6.45) is 8.42. The first-order valence-electron chi connectivity index (χ1n) is 13.9. The Kier molecular flexibility index (Phi) is 10.0. The first kappa shape index (κ1) is 29.4. The molecular weight excluding hydrogens is 525 g/mol. The normalized spacial score (nSPS) is 17.0. The lowest BCUT2D eigenvalue weighted by atomic mass is 9.91. The van der Waals surface area contributed by atoms with Crippen LogP contribution in [0.4, 0.5) is 9.52 Å². The van der Waals surface area contributed by atoms with Crippen LogP contribution in [0.15, 0.2) is 53.6 Å². The number of guanidine groups is 1. The van der Waals surface area contributed by atoms with E-state index < -0.39 is 0 Å². The number of hydrazine groups is 1. The van der Waals surface area contributed by atoms with Gasteiger partial charge in [0, 0.05) is 58.1 Å². The molecule has 1 aromatic carbocycles. The van der Waals surface area contributed by atoms with Crippen molar-refractivity contribution in [2.24, 2.45) is 4.99 Å². The third-order valence-electron chi connectivity index (χ3n) is 7.50. The smallest absolute Gasteiger partial charge is 0.220 e. The summed E-state index contributed by atoms with van der Waals surface area (Å²) in [5.74, 6) is 1.31. The molecule has 2 heterocycles. The molecule has 2 aliphatic rings. The Morgan fingerprint density at radius 2 is 1.90 bits per heavy atom. The van der Waals surface area contributed by atoms with E-state index in [2.05, 4.69) is 45.5 Å². The molecule has 9 nitrogen and oxygen atoms in total. The first-order valence-corrected chi connectivity index (χ1v) is 14.7. The van der Waals surface area contributed by atoms with E-state index in [1.165, 1.54) is 42.7 Å². The van der Waals surface area contributed by atoms with Crippen LogP contribution >= 0.6 is 11.3 Å². The summed E-state index contributed by atoms with van der Waals surface area (Å²) in [7, 11) is 5.74. The topological polar surface area (TPSA) is 94.8 Å². The van der Waals surface area contributed by atoms with Crippen molar-refractivity contribution < 1.29 is 4.39 Å². The van der Waals surface area contributed by atoms with Crippen LogP contribution in [-0.4, -0.2) is 67.2 Å². The Hall–Kier alpha value is -3.62. The van der Waals surface area contributed by atoms with E-state index >= 15 is 0 Å². The Morgan fingerprint density at radius 1 is 1.23 bits per heavy atom. The van der Waals surface area contributed by atoms with Gasteiger partial charge in [0.1, 0.15) is 28.3 Å². The fraction of sp³-hybridized carbons (Fsp3) is 0.483. The molecule has 1 aliphatic carbocycles. The third kappa shape index (κ3) is 6.74. The second-order valence-corrected chi connectivity index (χ2v) is 11.1. The van der Waals surface area contributed by atoms with E-state index in [-0.39, 0.29) is 5.82 Å². The molecule has 1 aliphatic heterocycles. The minimum atomic E-state index is -0.327. The molecule has 0 bridgehead atoms. The molecular formula is C29H40FN9S. The standard InChI is InChI=1S/C29H40FN9S/c1-6-24(36-38(5)28(33-7-2)39-17-15-23(16-18-39)34-22-9-8-10-22)27(32-3)37(4)29-35-26(25(19-31)40-29)20-11-13-21(30)14-12-20/h7,11-14,22-23,32,34,36H,2,6,8-10,15-18H2,1,3-5H3/b27-24+,33-28+. The van der Waals surface area contributed by atoms with Crippen molar-refractivity contribution in [3.05, 3.63) is 59.3 Å². The van der Waals surface area contributed by atoms with Gasteiger partial charge in [-0.05, 0) is 56.4 Å². The monoisotopic (exact) mass is 565 g/mol. The van der Waals surface area contributed by atoms with Crippen molar-refractivity contribution in [1.82, 2.24) is 31.0 Å². The summed E-state index contributed by atoms with van der Waals surface area (Å²) in [5.41, 5.74) is 5.71. The van der Waals surface area contributed by atoms with Gasteiger partial charge in [-0.25, -0.2) is 14.4 Å². The number of nitriles is 1. The highest BCUT2D eigenvalue weighted by molar-refractivity contribution is 7.16. The van der Waals surface area contributed by atoms with Crippen LogP contribution in [0.2, 0.25) is 0 Å². The van der Waals surface area contributed by atoms with E-state index in [1.54, 1.807) is 18.3 Å². The van der Waals surface area contributed by atoms with E-state index in [0.29, 0.717) is 39.8 Å². The zero-order valence-electron chi connectivity index (χ0n) is 23.9. The number of aromatic nitrogens is 1. The molecule has 2 fully saturated rings. The molecule has 0 atom stereocenters. The molecule has 3 N–H and O–H groups in total. The minimum Gasteiger partial charge on any atom is -0.373 e. The predicted octanol–water partition coefficient (Wildman–Crippen LogP) is 4.60. The first-order chi connectivity index (χ1) is 19.4. The average Bonchev–Trinajstić information content (AvgIpc) is 3.38. The number of thiazole rings is 1. The van der Waals surface area contributed by atoms with Gasteiger partial charge in [-0.3, -0.25) is 10.4 Å². The SMILES string of the molecule is C=C/N=C(/N1CCC(NC2CCC2)CC1)N(C)N/C(CC)=C(\NC)N(C)c1nc(-c2ccc(F)cc2)c(C#N)s1. The number of piperidine rings is 1. The minimum absolute atomic E-state index is 0.327. The van der Waals surface area contributed by atoms with Crippen molar-refractivity contribution in [1.29, 1.82) is 5.26 Å². The summed E-state index contributed by atoms with van der Waals surface area (Å²) in [6.45, 7) is 7.78. The molecule has 0 radical (unpaired) electrons. The highest BCUT2D eigenvalue weighted by atomic mass is 32.1. The van der Waals surface area contributed by atoms with E-state index in [0.717, 1.165) is 43.4 Å². The van der Waals surface area contributed by atoms with Crippen molar-refractivity contribution >= 4 is 22.4 Å². The van der Waals surface area contributed by atoms with E-state index in [1.807, 2.05) is 31.1 Å². The molecule has 11 heteroatoms. The molecule has 1 aromatic heterocycles. The molecule has 0 amide bonds. The van der Waals surface area contributed by atoms with Crippen molar-refractivity contribution in [3.8, 4) is 17.3 Å². The summed E-state index contributed by atoms with van der Waals surface area (Å²) in [6, 6.07) is 9.55. The molecule has 0 unspecified atom stereocenters. The number of allylic oxidation sites excluding steroid dienone is 1. The summed E-state index contributed by atoms with van der Waals surface area (Å²) < 4.78 is 13.5. The number of nitrogens with zero attached hydrogens (tertiary/aromatic N) is 6. The van der Waals surface area contributed by atoms with Crippen LogP contribution in [0.3, 0.4) is 0 Å². The second-order valence-electron chi connectivity index (χ2n) is 10.1. The number of anilines is 1. The molecule has 40 heavy (non-hydrogen) atoms. The Bertz CT molecular complexity index is 1250. The van der Waals surface area contributed by atoms with Gasteiger partial charge in [-0.15, -0.1) is 0 Å². The average molecular weight is 566 g/mol. The molecule has 214 valence electrons. The lowest BCUT2D eigenvalue weighted by molar-refractivity contribution is 0.212. The number of nitrogens with one attached hydrogen (secondary N) is 3. The summed E-state index contributed by atoms with van der Waals surface area (Å²) >= 11 is 1.30. The number of hydrogen-bond donors (Lipinski definition) is 3. The Balaban J connectivity index is 1.50. The third-order valence-corrected chi connectivity index (χ3v) is 8.53. The van der Waals surface area contributed by atoms with Gasteiger partial charge in [0.15, 0.2) is 5.13 Å². The van der Waals surface area contributed by atoms with Crippen LogP contribution in [-0.2, 0) is 0 Å². The summed E-state index contributed by atoms with van der Waals surface area (Å²) in [4.78, 5) is 14.1. The number of hydrogen-bond acceptors (Lipinski definition) is 8. The maximum atomic E-state index is 13.5. The molecule has 0 spiro atoms. The van der Waals surface area contributed by atoms with Crippen LogP contribution in [0.5, 0.6) is 0 Å². The van der Waals surface area contributed by atoms with Crippen LogP contribution < -0.4 is 21.0 Å². The van der Waals surface area contributed by atoms with Crippen molar-refractivity contribution in [2.45, 2.75) is 57.5 Å². The number of rotatable bonds is 10. The van der Waals surface area contributed by atoms with Crippen molar-refractivity contribution in [2.75, 3.05) is 39.1 Å². The molecule has 1 saturated carbocycles. The van der Waals surface area contributed by atoms with Gasteiger partial charge in [0.05, 0.1) is 5.70 Å². The van der Waals surface area contributed by atoms with Gasteiger partial charge in [-0.2, -0.15) is 5.26 Å². The zero-order valence-corrected chi connectivity index (χ0v) is 24.7. The van der Waals surface area contributed by atoms with Gasteiger partial charge in [0.2, 0.25) is 5.96 Å². The van der Waals surface area contributed by atoms with Gasteiger partial charge in [0.25, 0.3) is 0 Å². The molecule has 2 aromatic rings. The second kappa shape index (κ2) is 13.6. The van der Waals surface area contributed by atoms with Gasteiger partial charge < -0.3 is 20.4 Å². The highest BCUT2D eigenvalue weighted by Crippen LogP contribution is 2.33. The van der Waals surface area contributed by atoms with Crippen LogP contribution in [0.25, 0.3) is 11.3 Å². The van der Waals surface area contributed by atoms with E-state index in [9.17, 15) is 9.65 Å². The van der Waals surface area contributed by atoms with Crippen molar-refractivity contribution in [3.63, 3.8) is 0 Å². The van der Waals surface area contributed by atoms with Gasteiger partial charge >= 0.3 is 0 Å². The largest absolute Gasteiger partial charge is 0.373 e. The van der Waals surface area contributed by atoms with Crippen LogP contribution in [0, 0.1) is 17.1 Å². The lowest BCUT2D eigenvalue weighted by Gasteiger charge is -2.40. The predicted molar refractivity (Wildman–Crippen MR) is 161 cm³/mol. The number of likely N-dealkylation sites (tertiary alicyclic amines) is 1. The quantitative estimate of drug-likeness (QED) is 0.219. The van der Waals surface area contributed by atoms with Gasteiger partial charge in [-0.1, -0.05) is 31.3 Å². The highest BCUT2D eigenvalue weighted by Gasteiger charge is 2.27. The summed E-state index contributed by atoms with van der Waals surface area (Å²) in [5, 5.41) is 19.5. The fourth-order valence-corrected chi connectivity index (χ4v) is 5.97. The molecule has 4 rings (SSSR count). The van der Waals surface area contributed by atoms with Crippen LogP contribution in [0.1, 0.15) is 50.3 Å². The Morgan fingerprint density at radius 3 is 2.45 bits per heavy atom.